The van der Waals surface area contributed by atoms with Gasteiger partial charge in [-0.3, -0.25) is 0 Å². The van der Waals surface area contributed by atoms with Crippen LogP contribution >= 0.6 is 0 Å². The number of hydrogen-bond acceptors (Lipinski definition) is 2. The molecule has 1 aliphatic rings. The highest BCUT2D eigenvalue weighted by Crippen LogP contribution is 2.42. The predicted octanol–water partition coefficient (Wildman–Crippen LogP) is 2.41. The molecule has 2 rings (SSSR count). The van der Waals surface area contributed by atoms with Gasteiger partial charge in [0, 0.05) is 11.6 Å². The first kappa shape index (κ1) is 9.53. The zero-order valence-corrected chi connectivity index (χ0v) is 8.79. The van der Waals surface area contributed by atoms with E-state index in [1.165, 1.54) is 18.4 Å². The Labute approximate surface area is 85.1 Å². The molecule has 2 nitrogen and oxygen atoms in total. The maximum atomic E-state index is 6.15. The van der Waals surface area contributed by atoms with Crippen molar-refractivity contribution in [2.45, 2.75) is 25.8 Å². The van der Waals surface area contributed by atoms with Crippen LogP contribution in [0.5, 0.6) is 5.75 Å². The van der Waals surface area contributed by atoms with E-state index < -0.39 is 0 Å². The molecule has 0 aliphatic heterocycles. The van der Waals surface area contributed by atoms with Gasteiger partial charge in [-0.25, -0.2) is 0 Å². The van der Waals surface area contributed by atoms with Gasteiger partial charge in [0.2, 0.25) is 0 Å². The summed E-state index contributed by atoms with van der Waals surface area (Å²) in [5.41, 5.74) is 8.52. The highest BCUT2D eigenvalue weighted by atomic mass is 16.5. The Morgan fingerprint density at radius 2 is 2.14 bits per heavy atom. The van der Waals surface area contributed by atoms with Crippen molar-refractivity contribution in [1.29, 1.82) is 0 Å². The molecule has 0 amide bonds. The van der Waals surface area contributed by atoms with Crippen LogP contribution in [-0.4, -0.2) is 7.11 Å². The van der Waals surface area contributed by atoms with Crippen LogP contribution < -0.4 is 10.5 Å². The molecule has 14 heavy (non-hydrogen) atoms. The Kier molecular flexibility index (Phi) is 2.46. The van der Waals surface area contributed by atoms with Crippen LogP contribution in [0.4, 0.5) is 0 Å². The number of nitrogens with two attached hydrogens (primary N) is 1. The lowest BCUT2D eigenvalue weighted by Crippen LogP contribution is -2.13. The van der Waals surface area contributed by atoms with Crippen LogP contribution in [0, 0.1) is 12.8 Å². The van der Waals surface area contributed by atoms with Gasteiger partial charge in [0.15, 0.2) is 0 Å². The molecule has 2 N–H and O–H groups in total. The maximum Gasteiger partial charge on any atom is 0.123 e. The molecule has 1 saturated carbocycles. The minimum Gasteiger partial charge on any atom is -0.496 e. The first-order valence-electron chi connectivity index (χ1n) is 5.12. The number of rotatable bonds is 3. The molecule has 0 radical (unpaired) electrons. The lowest BCUT2D eigenvalue weighted by molar-refractivity contribution is 0.402. The van der Waals surface area contributed by atoms with Gasteiger partial charge in [0.05, 0.1) is 7.11 Å². The quantitative estimate of drug-likeness (QED) is 0.796. The highest BCUT2D eigenvalue weighted by molar-refractivity contribution is 5.39. The van der Waals surface area contributed by atoms with E-state index in [1.807, 2.05) is 0 Å². The average molecular weight is 191 g/mol. The third-order valence-electron chi connectivity index (χ3n) is 2.88. The Bertz CT molecular complexity index is 331. The molecular formula is C12H17NO. The number of aryl methyl sites for hydroxylation is 1. The standard InChI is InChI=1S/C12H17NO/c1-8-3-6-10(11(7-8)14-2)12(13)9-4-5-9/h3,6-7,9,12H,4-5,13H2,1-2H3/t12-/m1/s1. The average Bonchev–Trinajstić information content (AvgIpc) is 3.00. The topological polar surface area (TPSA) is 35.2 Å². The number of benzene rings is 1. The first-order valence-corrected chi connectivity index (χ1v) is 5.12. The molecule has 76 valence electrons. The molecular weight excluding hydrogens is 174 g/mol. The van der Waals surface area contributed by atoms with Crippen LogP contribution in [0.25, 0.3) is 0 Å². The fraction of sp³-hybridized carbons (Fsp3) is 0.500. The van der Waals surface area contributed by atoms with E-state index in [2.05, 4.69) is 25.1 Å². The van der Waals surface area contributed by atoms with Gasteiger partial charge < -0.3 is 10.5 Å². The fourth-order valence-corrected chi connectivity index (χ4v) is 1.80. The molecule has 2 heteroatoms. The van der Waals surface area contributed by atoms with Crippen LogP contribution in [0.15, 0.2) is 18.2 Å². The van der Waals surface area contributed by atoms with Gasteiger partial charge in [-0.05, 0) is 37.3 Å². The van der Waals surface area contributed by atoms with E-state index in [9.17, 15) is 0 Å². The first-order chi connectivity index (χ1) is 6.72. The predicted molar refractivity (Wildman–Crippen MR) is 57.4 cm³/mol. The van der Waals surface area contributed by atoms with E-state index in [1.54, 1.807) is 7.11 Å². The minimum absolute atomic E-state index is 0.158. The van der Waals surface area contributed by atoms with Crippen molar-refractivity contribution in [3.8, 4) is 5.75 Å². The van der Waals surface area contributed by atoms with E-state index in [4.69, 9.17) is 10.5 Å². The summed E-state index contributed by atoms with van der Waals surface area (Å²) >= 11 is 0. The highest BCUT2D eigenvalue weighted by Gasteiger charge is 2.31. The van der Waals surface area contributed by atoms with Crippen molar-refractivity contribution < 1.29 is 4.74 Å². The van der Waals surface area contributed by atoms with E-state index in [-0.39, 0.29) is 6.04 Å². The summed E-state index contributed by atoms with van der Waals surface area (Å²) in [5.74, 6) is 1.61. The summed E-state index contributed by atoms with van der Waals surface area (Å²) in [6.45, 7) is 2.06. The summed E-state index contributed by atoms with van der Waals surface area (Å²) in [7, 11) is 1.71. The third kappa shape index (κ3) is 1.75. The van der Waals surface area contributed by atoms with Gasteiger partial charge in [-0.2, -0.15) is 0 Å². The van der Waals surface area contributed by atoms with Crippen LogP contribution in [-0.2, 0) is 0 Å². The Balaban J connectivity index is 2.30. The molecule has 1 aromatic carbocycles. The van der Waals surface area contributed by atoms with Crippen molar-refractivity contribution in [3.63, 3.8) is 0 Å². The van der Waals surface area contributed by atoms with Crippen LogP contribution in [0.2, 0.25) is 0 Å². The van der Waals surface area contributed by atoms with Gasteiger partial charge >= 0.3 is 0 Å². The van der Waals surface area contributed by atoms with Gasteiger partial charge in [0.1, 0.15) is 5.75 Å². The van der Waals surface area contributed by atoms with Gasteiger partial charge in [0.25, 0.3) is 0 Å². The summed E-state index contributed by atoms with van der Waals surface area (Å²) < 4.78 is 5.35. The maximum absolute atomic E-state index is 6.15. The normalized spacial score (nSPS) is 17.9. The zero-order chi connectivity index (χ0) is 10.1. The molecule has 0 heterocycles. The van der Waals surface area contributed by atoms with Crippen molar-refractivity contribution in [2.75, 3.05) is 7.11 Å². The van der Waals surface area contributed by atoms with Crippen molar-refractivity contribution in [2.24, 2.45) is 11.7 Å². The van der Waals surface area contributed by atoms with Gasteiger partial charge in [-0.15, -0.1) is 0 Å². The minimum atomic E-state index is 0.158. The van der Waals surface area contributed by atoms with Gasteiger partial charge in [-0.1, -0.05) is 12.1 Å². The monoisotopic (exact) mass is 191 g/mol. The number of ether oxygens (including phenoxy) is 1. The second-order valence-corrected chi connectivity index (χ2v) is 4.11. The number of hydrogen-bond donors (Lipinski definition) is 1. The van der Waals surface area contributed by atoms with E-state index in [0.717, 1.165) is 11.3 Å². The Morgan fingerprint density at radius 1 is 1.43 bits per heavy atom. The fourth-order valence-electron chi connectivity index (χ4n) is 1.80. The summed E-state index contributed by atoms with van der Waals surface area (Å²) in [4.78, 5) is 0. The van der Waals surface area contributed by atoms with Crippen molar-refractivity contribution in [3.05, 3.63) is 29.3 Å². The second kappa shape index (κ2) is 3.62. The lowest BCUT2D eigenvalue weighted by atomic mass is 10.0. The lowest BCUT2D eigenvalue weighted by Gasteiger charge is -2.15. The van der Waals surface area contributed by atoms with Crippen LogP contribution in [0.1, 0.15) is 30.0 Å². The van der Waals surface area contributed by atoms with E-state index in [0.29, 0.717) is 5.92 Å². The zero-order valence-electron chi connectivity index (χ0n) is 8.79. The second-order valence-electron chi connectivity index (χ2n) is 4.11. The number of methoxy groups -OCH3 is 1. The molecule has 0 aromatic heterocycles. The largest absolute Gasteiger partial charge is 0.496 e. The van der Waals surface area contributed by atoms with Crippen LogP contribution in [0.3, 0.4) is 0 Å². The van der Waals surface area contributed by atoms with Crippen molar-refractivity contribution in [1.82, 2.24) is 0 Å². The Morgan fingerprint density at radius 3 is 2.71 bits per heavy atom. The smallest absolute Gasteiger partial charge is 0.123 e. The Hall–Kier alpha value is -1.02. The summed E-state index contributed by atoms with van der Waals surface area (Å²) in [6.07, 6.45) is 2.52. The molecule has 1 atom stereocenters. The molecule has 1 fully saturated rings. The third-order valence-corrected chi connectivity index (χ3v) is 2.88. The summed E-state index contributed by atoms with van der Waals surface area (Å²) in [6, 6.07) is 6.40. The van der Waals surface area contributed by atoms with Crippen molar-refractivity contribution >= 4 is 0 Å². The molecule has 0 unspecified atom stereocenters. The molecule has 1 aliphatic carbocycles. The molecule has 0 spiro atoms. The van der Waals surface area contributed by atoms with E-state index >= 15 is 0 Å². The molecule has 0 saturated heterocycles. The molecule has 1 aromatic rings. The summed E-state index contributed by atoms with van der Waals surface area (Å²) in [5, 5.41) is 0. The molecule has 0 bridgehead atoms. The SMILES string of the molecule is COc1cc(C)ccc1[C@H](N)C1CC1.